The van der Waals surface area contributed by atoms with Crippen LogP contribution in [0.25, 0.3) is 11.1 Å². The molecule has 72 valence electrons. The summed E-state index contributed by atoms with van der Waals surface area (Å²) < 4.78 is 5.10. The maximum atomic E-state index is 11.4. The third-order valence-corrected chi connectivity index (χ3v) is 1.93. The van der Waals surface area contributed by atoms with E-state index in [2.05, 4.69) is 10.3 Å². The molecule has 1 amide bonds. The fourth-order valence-corrected chi connectivity index (χ4v) is 1.26. The van der Waals surface area contributed by atoms with Crippen molar-refractivity contribution < 1.29 is 9.21 Å². The van der Waals surface area contributed by atoms with Crippen molar-refractivity contribution in [1.29, 1.82) is 0 Å². The van der Waals surface area contributed by atoms with Crippen LogP contribution in [0.5, 0.6) is 0 Å². The van der Waals surface area contributed by atoms with Gasteiger partial charge in [0.25, 0.3) is 5.91 Å². The highest BCUT2D eigenvalue weighted by Gasteiger charge is 2.06. The van der Waals surface area contributed by atoms with Crippen molar-refractivity contribution in [3.63, 3.8) is 0 Å². The topological polar surface area (TPSA) is 55.1 Å². The van der Waals surface area contributed by atoms with Crippen molar-refractivity contribution >= 4 is 17.0 Å². The second-order valence-corrected chi connectivity index (χ2v) is 2.89. The zero-order valence-electron chi connectivity index (χ0n) is 7.78. The first-order chi connectivity index (χ1) is 6.81. The predicted octanol–water partition coefficient (Wildman–Crippen LogP) is 1.58. The number of nitrogens with zero attached hydrogens (tertiary/aromatic N) is 1. The van der Waals surface area contributed by atoms with Crippen molar-refractivity contribution in [3.05, 3.63) is 30.2 Å². The van der Waals surface area contributed by atoms with Crippen LogP contribution in [0.15, 0.2) is 29.0 Å². The largest absolute Gasteiger partial charge is 0.443 e. The molecule has 0 aliphatic carbocycles. The van der Waals surface area contributed by atoms with Gasteiger partial charge in [-0.25, -0.2) is 4.98 Å². The number of fused-ring (bicyclic) bond motifs is 1. The number of hydrogen-bond acceptors (Lipinski definition) is 3. The van der Waals surface area contributed by atoms with Crippen LogP contribution in [-0.4, -0.2) is 17.4 Å². The predicted molar refractivity (Wildman–Crippen MR) is 52.0 cm³/mol. The number of oxazole rings is 1. The molecule has 0 saturated carbocycles. The van der Waals surface area contributed by atoms with Crippen LogP contribution >= 0.6 is 0 Å². The molecule has 2 rings (SSSR count). The fraction of sp³-hybridized carbons (Fsp3) is 0.200. The van der Waals surface area contributed by atoms with Gasteiger partial charge in [-0.3, -0.25) is 4.79 Å². The summed E-state index contributed by atoms with van der Waals surface area (Å²) in [5.74, 6) is -0.0919. The Labute approximate surface area is 80.9 Å². The molecule has 0 spiro atoms. The lowest BCUT2D eigenvalue weighted by Gasteiger charge is -2.00. The van der Waals surface area contributed by atoms with Gasteiger partial charge in [0, 0.05) is 12.1 Å². The number of carbonyl (C=O) groups is 1. The van der Waals surface area contributed by atoms with Crippen molar-refractivity contribution in [2.24, 2.45) is 0 Å². The van der Waals surface area contributed by atoms with E-state index in [9.17, 15) is 4.79 Å². The van der Waals surface area contributed by atoms with Gasteiger partial charge < -0.3 is 9.73 Å². The third kappa shape index (κ3) is 1.46. The average Bonchev–Trinajstić information content (AvgIpc) is 2.64. The molecule has 0 radical (unpaired) electrons. The van der Waals surface area contributed by atoms with E-state index in [1.807, 2.05) is 6.92 Å². The van der Waals surface area contributed by atoms with E-state index in [1.165, 1.54) is 6.39 Å². The van der Waals surface area contributed by atoms with E-state index < -0.39 is 0 Å². The molecule has 1 heterocycles. The summed E-state index contributed by atoms with van der Waals surface area (Å²) in [6.45, 7) is 2.50. The van der Waals surface area contributed by atoms with E-state index in [0.29, 0.717) is 17.7 Å². The molecular weight excluding hydrogens is 180 g/mol. The lowest BCUT2D eigenvalue weighted by molar-refractivity contribution is 0.0956. The van der Waals surface area contributed by atoms with Gasteiger partial charge in [-0.15, -0.1) is 0 Å². The molecule has 0 aliphatic heterocycles. The molecule has 0 unspecified atom stereocenters. The molecule has 0 aliphatic rings. The minimum atomic E-state index is -0.0919. The van der Waals surface area contributed by atoms with Crippen LogP contribution < -0.4 is 5.32 Å². The van der Waals surface area contributed by atoms with Gasteiger partial charge >= 0.3 is 0 Å². The summed E-state index contributed by atoms with van der Waals surface area (Å²) in [4.78, 5) is 15.4. The molecule has 2 aromatic rings. The summed E-state index contributed by atoms with van der Waals surface area (Å²) in [6.07, 6.45) is 1.37. The molecule has 0 fully saturated rings. The maximum absolute atomic E-state index is 11.4. The number of amides is 1. The quantitative estimate of drug-likeness (QED) is 0.782. The van der Waals surface area contributed by atoms with Crippen molar-refractivity contribution in [2.45, 2.75) is 6.92 Å². The molecule has 1 aromatic carbocycles. The SMILES string of the molecule is CCNC(=O)c1ccc2ncoc2c1. The average molecular weight is 190 g/mol. The number of hydrogen-bond donors (Lipinski definition) is 1. The van der Waals surface area contributed by atoms with Crippen molar-refractivity contribution in [3.8, 4) is 0 Å². The number of benzene rings is 1. The van der Waals surface area contributed by atoms with Crippen LogP contribution in [0, 0.1) is 0 Å². The summed E-state index contributed by atoms with van der Waals surface area (Å²) in [6, 6.07) is 5.19. The Morgan fingerprint density at radius 3 is 3.21 bits per heavy atom. The Morgan fingerprint density at radius 1 is 1.57 bits per heavy atom. The zero-order valence-corrected chi connectivity index (χ0v) is 7.78. The summed E-state index contributed by atoms with van der Waals surface area (Å²) in [5.41, 5.74) is 1.99. The lowest BCUT2D eigenvalue weighted by Crippen LogP contribution is -2.22. The standard InChI is InChI=1S/C10H10N2O2/c1-2-11-10(13)7-3-4-8-9(5-7)14-6-12-8/h3-6H,2H2,1H3,(H,11,13). The van der Waals surface area contributed by atoms with Gasteiger partial charge in [0.05, 0.1) is 0 Å². The molecular formula is C10H10N2O2. The molecule has 4 nitrogen and oxygen atoms in total. The first-order valence-electron chi connectivity index (χ1n) is 4.42. The highest BCUT2D eigenvalue weighted by Crippen LogP contribution is 2.13. The normalized spacial score (nSPS) is 10.4. The monoisotopic (exact) mass is 190 g/mol. The Bertz CT molecular complexity index is 462. The summed E-state index contributed by atoms with van der Waals surface area (Å²) >= 11 is 0. The fourth-order valence-electron chi connectivity index (χ4n) is 1.26. The van der Waals surface area contributed by atoms with Crippen LogP contribution in [0.3, 0.4) is 0 Å². The smallest absolute Gasteiger partial charge is 0.251 e. The van der Waals surface area contributed by atoms with Crippen LogP contribution in [0.2, 0.25) is 0 Å². The van der Waals surface area contributed by atoms with Gasteiger partial charge in [0.1, 0.15) is 5.52 Å². The van der Waals surface area contributed by atoms with E-state index in [-0.39, 0.29) is 5.91 Å². The molecule has 1 aromatic heterocycles. The molecule has 1 N–H and O–H groups in total. The Balaban J connectivity index is 2.38. The van der Waals surface area contributed by atoms with Gasteiger partial charge in [-0.2, -0.15) is 0 Å². The van der Waals surface area contributed by atoms with Crippen molar-refractivity contribution in [2.75, 3.05) is 6.54 Å². The van der Waals surface area contributed by atoms with Crippen LogP contribution in [0.4, 0.5) is 0 Å². The highest BCUT2D eigenvalue weighted by atomic mass is 16.3. The Morgan fingerprint density at radius 2 is 2.43 bits per heavy atom. The van der Waals surface area contributed by atoms with Crippen LogP contribution in [0.1, 0.15) is 17.3 Å². The first kappa shape index (κ1) is 8.74. The Kier molecular flexibility index (Phi) is 2.18. The lowest BCUT2D eigenvalue weighted by atomic mass is 10.2. The minimum Gasteiger partial charge on any atom is -0.443 e. The van der Waals surface area contributed by atoms with E-state index in [1.54, 1.807) is 18.2 Å². The maximum Gasteiger partial charge on any atom is 0.251 e. The zero-order chi connectivity index (χ0) is 9.97. The van der Waals surface area contributed by atoms with E-state index >= 15 is 0 Å². The molecule has 0 atom stereocenters. The van der Waals surface area contributed by atoms with Crippen LogP contribution in [-0.2, 0) is 0 Å². The van der Waals surface area contributed by atoms with Gasteiger partial charge in [0.2, 0.25) is 0 Å². The minimum absolute atomic E-state index is 0.0919. The second kappa shape index (κ2) is 3.49. The number of rotatable bonds is 2. The first-order valence-corrected chi connectivity index (χ1v) is 4.42. The number of carbonyl (C=O) groups excluding carboxylic acids is 1. The van der Waals surface area contributed by atoms with E-state index in [0.717, 1.165) is 5.52 Å². The number of aromatic nitrogens is 1. The van der Waals surface area contributed by atoms with Crippen molar-refractivity contribution in [1.82, 2.24) is 10.3 Å². The molecule has 0 saturated heterocycles. The molecule has 4 heteroatoms. The molecule has 14 heavy (non-hydrogen) atoms. The highest BCUT2D eigenvalue weighted by molar-refractivity contribution is 5.96. The third-order valence-electron chi connectivity index (χ3n) is 1.93. The Hall–Kier alpha value is -1.84. The van der Waals surface area contributed by atoms with Gasteiger partial charge in [0.15, 0.2) is 12.0 Å². The number of nitrogens with one attached hydrogen (secondary N) is 1. The summed E-state index contributed by atoms with van der Waals surface area (Å²) in [7, 11) is 0. The van der Waals surface area contributed by atoms with Gasteiger partial charge in [-0.05, 0) is 25.1 Å². The molecule has 0 bridgehead atoms. The van der Waals surface area contributed by atoms with E-state index in [4.69, 9.17) is 4.42 Å². The van der Waals surface area contributed by atoms with Gasteiger partial charge in [-0.1, -0.05) is 0 Å². The second-order valence-electron chi connectivity index (χ2n) is 2.89. The summed E-state index contributed by atoms with van der Waals surface area (Å²) in [5, 5.41) is 2.72.